The summed E-state index contributed by atoms with van der Waals surface area (Å²) in [6.07, 6.45) is 1.94. The Bertz CT molecular complexity index is 505. The Morgan fingerprint density at radius 3 is 2.33 bits per heavy atom. The fourth-order valence-corrected chi connectivity index (χ4v) is 2.27. The molecule has 0 bridgehead atoms. The smallest absolute Gasteiger partial charge is 0.123 e. The van der Waals surface area contributed by atoms with Crippen LogP contribution in [0.25, 0.3) is 0 Å². The lowest BCUT2D eigenvalue weighted by atomic mass is 9.87. The van der Waals surface area contributed by atoms with Crippen molar-refractivity contribution in [3.63, 3.8) is 0 Å². The van der Waals surface area contributed by atoms with Gasteiger partial charge in [-0.3, -0.25) is 0 Å². The van der Waals surface area contributed by atoms with E-state index in [1.807, 2.05) is 18.2 Å². The molecule has 0 aliphatic heterocycles. The third-order valence-corrected chi connectivity index (χ3v) is 3.16. The van der Waals surface area contributed by atoms with Gasteiger partial charge < -0.3 is 5.11 Å². The van der Waals surface area contributed by atoms with Gasteiger partial charge >= 0.3 is 0 Å². The molecule has 0 aromatic heterocycles. The van der Waals surface area contributed by atoms with E-state index in [9.17, 15) is 9.50 Å². The van der Waals surface area contributed by atoms with Crippen molar-refractivity contribution in [2.24, 2.45) is 0 Å². The Hall–Kier alpha value is -1.83. The summed E-state index contributed by atoms with van der Waals surface area (Å²) in [5.41, 5.74) is 1.95. The number of aromatic hydroxyl groups is 1. The normalized spacial score (nSPS) is 12.3. The minimum Gasteiger partial charge on any atom is -0.508 e. The van der Waals surface area contributed by atoms with Crippen LogP contribution in [0, 0.1) is 5.82 Å². The third-order valence-electron chi connectivity index (χ3n) is 3.16. The summed E-state index contributed by atoms with van der Waals surface area (Å²) in [4.78, 5) is 0. The van der Waals surface area contributed by atoms with Crippen LogP contribution in [0.5, 0.6) is 5.75 Å². The van der Waals surface area contributed by atoms with Gasteiger partial charge in [-0.1, -0.05) is 43.7 Å². The van der Waals surface area contributed by atoms with Crippen molar-refractivity contribution in [2.75, 3.05) is 0 Å². The highest BCUT2D eigenvalue weighted by Crippen LogP contribution is 2.34. The van der Waals surface area contributed by atoms with Gasteiger partial charge in [-0.05, 0) is 30.2 Å². The summed E-state index contributed by atoms with van der Waals surface area (Å²) in [6, 6.07) is 13.9. The molecule has 2 aromatic carbocycles. The van der Waals surface area contributed by atoms with Crippen molar-refractivity contribution in [1.82, 2.24) is 0 Å². The van der Waals surface area contributed by atoms with E-state index in [4.69, 9.17) is 0 Å². The molecule has 1 unspecified atom stereocenters. The van der Waals surface area contributed by atoms with E-state index in [0.717, 1.165) is 24.0 Å². The molecule has 0 heterocycles. The lowest BCUT2D eigenvalue weighted by Crippen LogP contribution is -2.01. The highest BCUT2D eigenvalue weighted by Gasteiger charge is 2.16. The van der Waals surface area contributed by atoms with Gasteiger partial charge in [0, 0.05) is 11.5 Å². The first kappa shape index (κ1) is 12.6. The average Bonchev–Trinajstić information content (AvgIpc) is 2.38. The average molecular weight is 244 g/mol. The number of phenols is 1. The fraction of sp³-hybridized carbons (Fsp3) is 0.250. The molecule has 0 fully saturated rings. The number of phenolic OH excluding ortho intramolecular Hbond substituents is 1. The molecular weight excluding hydrogens is 227 g/mol. The second-order valence-corrected chi connectivity index (χ2v) is 4.45. The Morgan fingerprint density at radius 2 is 1.72 bits per heavy atom. The number of halogens is 1. The number of hydrogen-bond acceptors (Lipinski definition) is 1. The highest BCUT2D eigenvalue weighted by molar-refractivity contribution is 5.41. The first-order valence-electron chi connectivity index (χ1n) is 6.25. The van der Waals surface area contributed by atoms with Gasteiger partial charge in [0.25, 0.3) is 0 Å². The van der Waals surface area contributed by atoms with Crippen LogP contribution >= 0.6 is 0 Å². The quantitative estimate of drug-likeness (QED) is 0.841. The molecule has 0 spiro atoms. The highest BCUT2D eigenvalue weighted by atomic mass is 19.1. The second-order valence-electron chi connectivity index (χ2n) is 4.45. The van der Waals surface area contributed by atoms with E-state index in [2.05, 4.69) is 6.92 Å². The van der Waals surface area contributed by atoms with Gasteiger partial charge in [-0.25, -0.2) is 4.39 Å². The zero-order valence-corrected chi connectivity index (χ0v) is 10.4. The zero-order valence-electron chi connectivity index (χ0n) is 10.4. The maximum absolute atomic E-state index is 13.0. The summed E-state index contributed by atoms with van der Waals surface area (Å²) in [7, 11) is 0. The van der Waals surface area contributed by atoms with Crippen molar-refractivity contribution in [3.8, 4) is 5.75 Å². The largest absolute Gasteiger partial charge is 0.508 e. The van der Waals surface area contributed by atoms with E-state index in [0.29, 0.717) is 5.75 Å². The van der Waals surface area contributed by atoms with Gasteiger partial charge in [0.05, 0.1) is 0 Å². The van der Waals surface area contributed by atoms with Crippen LogP contribution in [0.2, 0.25) is 0 Å². The Labute approximate surface area is 107 Å². The molecule has 1 N–H and O–H groups in total. The van der Waals surface area contributed by atoms with Crippen LogP contribution in [0.3, 0.4) is 0 Å². The molecule has 18 heavy (non-hydrogen) atoms. The van der Waals surface area contributed by atoms with Crippen molar-refractivity contribution < 1.29 is 9.50 Å². The molecule has 0 radical (unpaired) electrons. The lowest BCUT2D eigenvalue weighted by molar-refractivity contribution is 0.462. The summed E-state index contributed by atoms with van der Waals surface area (Å²) >= 11 is 0. The Kier molecular flexibility index (Phi) is 3.98. The van der Waals surface area contributed by atoms with Gasteiger partial charge in [0.15, 0.2) is 0 Å². The minimum absolute atomic E-state index is 0.122. The van der Waals surface area contributed by atoms with Crippen LogP contribution in [0.1, 0.15) is 36.8 Å². The molecule has 0 saturated heterocycles. The number of hydrogen-bond donors (Lipinski definition) is 1. The van der Waals surface area contributed by atoms with Crippen molar-refractivity contribution in [2.45, 2.75) is 25.7 Å². The van der Waals surface area contributed by atoms with Crippen molar-refractivity contribution in [3.05, 3.63) is 65.5 Å². The number of rotatable bonds is 4. The van der Waals surface area contributed by atoms with Crippen LogP contribution in [-0.2, 0) is 0 Å². The maximum Gasteiger partial charge on any atom is 0.123 e. The second kappa shape index (κ2) is 5.67. The first-order valence-corrected chi connectivity index (χ1v) is 6.25. The molecule has 2 aromatic rings. The van der Waals surface area contributed by atoms with Crippen molar-refractivity contribution >= 4 is 0 Å². The monoisotopic (exact) mass is 244 g/mol. The van der Waals surface area contributed by atoms with Gasteiger partial charge in [-0.15, -0.1) is 0 Å². The molecule has 0 aliphatic carbocycles. The molecule has 1 nitrogen and oxygen atoms in total. The first-order chi connectivity index (χ1) is 8.72. The summed E-state index contributed by atoms with van der Waals surface area (Å²) < 4.78 is 13.0. The van der Waals surface area contributed by atoms with Crippen LogP contribution in [0.15, 0.2) is 48.5 Å². The van der Waals surface area contributed by atoms with E-state index in [1.54, 1.807) is 18.2 Å². The third kappa shape index (κ3) is 2.70. The van der Waals surface area contributed by atoms with Crippen LogP contribution in [-0.4, -0.2) is 5.11 Å². The van der Waals surface area contributed by atoms with E-state index >= 15 is 0 Å². The Balaban J connectivity index is 2.40. The molecule has 2 rings (SSSR count). The summed E-state index contributed by atoms with van der Waals surface area (Å²) in [5.74, 6) is 0.198. The maximum atomic E-state index is 13.0. The van der Waals surface area contributed by atoms with Crippen LogP contribution in [0.4, 0.5) is 4.39 Å². The SMILES string of the molecule is CCCC(c1ccc(F)cc1)c1ccccc1O. The molecule has 0 saturated carbocycles. The molecule has 0 amide bonds. The zero-order chi connectivity index (χ0) is 13.0. The predicted octanol–water partition coefficient (Wildman–Crippen LogP) is 4.46. The standard InChI is InChI=1S/C16H17FO/c1-2-5-14(12-8-10-13(17)11-9-12)15-6-3-4-7-16(15)18/h3-4,6-11,14,18H,2,5H2,1H3. The van der Waals surface area contributed by atoms with Gasteiger partial charge in [0.2, 0.25) is 0 Å². The molecular formula is C16H17FO. The van der Waals surface area contributed by atoms with E-state index < -0.39 is 0 Å². The summed E-state index contributed by atoms with van der Waals surface area (Å²) in [5, 5.41) is 9.95. The van der Waals surface area contributed by atoms with Crippen molar-refractivity contribution in [1.29, 1.82) is 0 Å². The predicted molar refractivity (Wildman–Crippen MR) is 71.3 cm³/mol. The summed E-state index contributed by atoms with van der Waals surface area (Å²) in [6.45, 7) is 2.11. The van der Waals surface area contributed by atoms with Crippen LogP contribution < -0.4 is 0 Å². The molecule has 94 valence electrons. The number of para-hydroxylation sites is 1. The number of benzene rings is 2. The molecule has 1 atom stereocenters. The van der Waals surface area contributed by atoms with Gasteiger partial charge in [-0.2, -0.15) is 0 Å². The molecule has 0 aliphatic rings. The van der Waals surface area contributed by atoms with E-state index in [-0.39, 0.29) is 11.7 Å². The van der Waals surface area contributed by atoms with Gasteiger partial charge in [0.1, 0.15) is 11.6 Å². The molecule has 2 heteroatoms. The lowest BCUT2D eigenvalue weighted by Gasteiger charge is -2.18. The minimum atomic E-state index is -0.230. The topological polar surface area (TPSA) is 20.2 Å². The fourth-order valence-electron chi connectivity index (χ4n) is 2.27. The van der Waals surface area contributed by atoms with E-state index in [1.165, 1.54) is 12.1 Å². The Morgan fingerprint density at radius 1 is 1.06 bits per heavy atom.